The molecule has 5 nitrogen and oxygen atoms in total. The number of nitrogens with zero attached hydrogens (tertiary/aromatic N) is 2. The van der Waals surface area contributed by atoms with Crippen molar-refractivity contribution in [1.82, 2.24) is 5.01 Å². The van der Waals surface area contributed by atoms with Gasteiger partial charge in [-0.05, 0) is 24.3 Å². The van der Waals surface area contributed by atoms with Gasteiger partial charge in [-0.25, -0.2) is 0 Å². The van der Waals surface area contributed by atoms with Crippen LogP contribution in [0.2, 0.25) is 0 Å². The second-order valence-corrected chi connectivity index (χ2v) is 5.91. The Kier molecular flexibility index (Phi) is 3.56. The molecule has 1 atom stereocenters. The SMILES string of the molecule is COc1ccc(C(=O)N2N=CCC2(O)C(C)(C)C)cc1. The fraction of sp³-hybridized carbons (Fsp3) is 0.467. The number of amides is 1. The van der Waals surface area contributed by atoms with Gasteiger partial charge in [0.1, 0.15) is 5.75 Å². The van der Waals surface area contributed by atoms with Gasteiger partial charge in [0.2, 0.25) is 0 Å². The molecule has 1 aromatic rings. The first-order chi connectivity index (χ1) is 9.29. The zero-order valence-electron chi connectivity index (χ0n) is 12.3. The Morgan fingerprint density at radius 1 is 1.35 bits per heavy atom. The van der Waals surface area contributed by atoms with E-state index in [1.54, 1.807) is 37.6 Å². The lowest BCUT2D eigenvalue weighted by atomic mass is 9.81. The summed E-state index contributed by atoms with van der Waals surface area (Å²) in [4.78, 5) is 12.5. The van der Waals surface area contributed by atoms with Crippen LogP contribution < -0.4 is 4.74 Å². The molecule has 0 saturated carbocycles. The van der Waals surface area contributed by atoms with Crippen molar-refractivity contribution in [2.24, 2.45) is 10.5 Å². The molecule has 1 aliphatic rings. The van der Waals surface area contributed by atoms with Crippen molar-refractivity contribution in [3.63, 3.8) is 0 Å². The third-order valence-corrected chi connectivity index (χ3v) is 3.65. The van der Waals surface area contributed by atoms with Gasteiger partial charge >= 0.3 is 0 Å². The molecule has 0 saturated heterocycles. The molecule has 0 aromatic heterocycles. The molecule has 0 bridgehead atoms. The molecule has 0 radical (unpaired) electrons. The number of hydrogen-bond donors (Lipinski definition) is 1. The molecule has 1 aliphatic heterocycles. The first-order valence-electron chi connectivity index (χ1n) is 6.53. The fourth-order valence-electron chi connectivity index (χ4n) is 2.13. The monoisotopic (exact) mass is 276 g/mol. The number of hydrazone groups is 1. The van der Waals surface area contributed by atoms with E-state index in [4.69, 9.17) is 4.74 Å². The fourth-order valence-corrected chi connectivity index (χ4v) is 2.13. The summed E-state index contributed by atoms with van der Waals surface area (Å²) in [5.41, 5.74) is -1.33. The van der Waals surface area contributed by atoms with E-state index in [1.807, 2.05) is 20.8 Å². The minimum Gasteiger partial charge on any atom is -0.497 e. The number of benzene rings is 1. The molecule has 0 spiro atoms. The van der Waals surface area contributed by atoms with Crippen LogP contribution in [0.1, 0.15) is 37.6 Å². The number of hydrogen-bond acceptors (Lipinski definition) is 4. The van der Waals surface area contributed by atoms with E-state index in [-0.39, 0.29) is 5.91 Å². The topological polar surface area (TPSA) is 62.1 Å². The van der Waals surface area contributed by atoms with Gasteiger partial charge < -0.3 is 9.84 Å². The van der Waals surface area contributed by atoms with Crippen LogP contribution >= 0.6 is 0 Å². The van der Waals surface area contributed by atoms with E-state index < -0.39 is 11.1 Å². The van der Waals surface area contributed by atoms with Gasteiger partial charge in [0, 0.05) is 23.6 Å². The number of carbonyl (C=O) groups excluding carboxylic acids is 1. The molecular formula is C15H20N2O3. The van der Waals surface area contributed by atoms with Crippen molar-refractivity contribution >= 4 is 12.1 Å². The zero-order valence-corrected chi connectivity index (χ0v) is 12.3. The molecule has 0 aliphatic carbocycles. The molecule has 108 valence electrons. The van der Waals surface area contributed by atoms with E-state index in [9.17, 15) is 9.90 Å². The summed E-state index contributed by atoms with van der Waals surface area (Å²) in [6, 6.07) is 6.75. The lowest BCUT2D eigenvalue weighted by Gasteiger charge is -2.41. The molecule has 5 heteroatoms. The van der Waals surface area contributed by atoms with Crippen LogP contribution in [0.5, 0.6) is 5.75 Å². The van der Waals surface area contributed by atoms with Gasteiger partial charge in [0.15, 0.2) is 5.72 Å². The largest absolute Gasteiger partial charge is 0.497 e. The van der Waals surface area contributed by atoms with Gasteiger partial charge in [-0.2, -0.15) is 10.1 Å². The molecule has 1 amide bonds. The highest BCUT2D eigenvalue weighted by molar-refractivity contribution is 5.95. The number of carbonyl (C=O) groups is 1. The summed E-state index contributed by atoms with van der Waals surface area (Å²) in [7, 11) is 1.57. The summed E-state index contributed by atoms with van der Waals surface area (Å²) in [6.45, 7) is 5.65. The maximum atomic E-state index is 12.5. The smallest absolute Gasteiger partial charge is 0.276 e. The number of aliphatic hydroxyl groups is 1. The van der Waals surface area contributed by atoms with E-state index >= 15 is 0 Å². The Bertz CT molecular complexity index is 531. The van der Waals surface area contributed by atoms with Crippen molar-refractivity contribution in [2.45, 2.75) is 32.9 Å². The van der Waals surface area contributed by atoms with Gasteiger partial charge in [0.25, 0.3) is 5.91 Å². The number of ether oxygens (including phenoxy) is 1. The number of rotatable bonds is 2. The van der Waals surface area contributed by atoms with Crippen molar-refractivity contribution < 1.29 is 14.6 Å². The third-order valence-electron chi connectivity index (χ3n) is 3.65. The Morgan fingerprint density at radius 3 is 2.45 bits per heavy atom. The highest BCUT2D eigenvalue weighted by atomic mass is 16.5. The molecule has 1 aromatic carbocycles. The molecule has 20 heavy (non-hydrogen) atoms. The summed E-state index contributed by atoms with van der Waals surface area (Å²) >= 11 is 0. The van der Waals surface area contributed by atoms with Crippen molar-refractivity contribution in [1.29, 1.82) is 0 Å². The number of methoxy groups -OCH3 is 1. The Labute approximate surface area is 118 Å². The van der Waals surface area contributed by atoms with E-state index in [2.05, 4.69) is 5.10 Å². The van der Waals surface area contributed by atoms with E-state index in [0.717, 1.165) is 0 Å². The van der Waals surface area contributed by atoms with Crippen molar-refractivity contribution in [2.75, 3.05) is 7.11 Å². The van der Waals surface area contributed by atoms with Gasteiger partial charge in [-0.15, -0.1) is 0 Å². The molecule has 1 heterocycles. The predicted molar refractivity (Wildman–Crippen MR) is 76.7 cm³/mol. The summed E-state index contributed by atoms with van der Waals surface area (Å²) in [5, 5.41) is 16.0. The lowest BCUT2D eigenvalue weighted by molar-refractivity contribution is -0.143. The normalized spacial score (nSPS) is 22.1. The lowest BCUT2D eigenvalue weighted by Crippen LogP contribution is -2.54. The molecule has 1 N–H and O–H groups in total. The van der Waals surface area contributed by atoms with Crippen LogP contribution in [-0.4, -0.2) is 35.1 Å². The molecule has 0 fully saturated rings. The molecular weight excluding hydrogens is 256 g/mol. The van der Waals surface area contributed by atoms with Gasteiger partial charge in [0.05, 0.1) is 7.11 Å². The van der Waals surface area contributed by atoms with Gasteiger partial charge in [-0.1, -0.05) is 20.8 Å². The summed E-state index contributed by atoms with van der Waals surface area (Å²) in [6.07, 6.45) is 1.91. The van der Waals surface area contributed by atoms with Crippen LogP contribution in [-0.2, 0) is 0 Å². The minimum atomic E-state index is -1.30. The average Bonchev–Trinajstić information content (AvgIpc) is 2.81. The second-order valence-electron chi connectivity index (χ2n) is 5.91. The average molecular weight is 276 g/mol. The maximum Gasteiger partial charge on any atom is 0.276 e. The third kappa shape index (κ3) is 2.29. The molecule has 2 rings (SSSR count). The first-order valence-corrected chi connectivity index (χ1v) is 6.53. The van der Waals surface area contributed by atoms with Gasteiger partial charge in [-0.3, -0.25) is 4.79 Å². The van der Waals surface area contributed by atoms with E-state index in [0.29, 0.717) is 17.7 Å². The van der Waals surface area contributed by atoms with Crippen LogP contribution in [0, 0.1) is 5.41 Å². The highest BCUT2D eigenvalue weighted by Crippen LogP contribution is 2.39. The highest BCUT2D eigenvalue weighted by Gasteiger charge is 2.50. The summed E-state index contributed by atoms with van der Waals surface area (Å²) in [5.74, 6) is 0.358. The predicted octanol–water partition coefficient (Wildman–Crippen LogP) is 2.26. The Balaban J connectivity index is 2.30. The quantitative estimate of drug-likeness (QED) is 0.901. The van der Waals surface area contributed by atoms with Crippen LogP contribution in [0.25, 0.3) is 0 Å². The standard InChI is InChI=1S/C15H20N2O3/c1-14(2,3)15(19)9-10-16-17(15)13(18)11-5-7-12(20-4)8-6-11/h5-8,10,19H,9H2,1-4H3. The summed E-state index contributed by atoms with van der Waals surface area (Å²) < 4.78 is 5.07. The van der Waals surface area contributed by atoms with Crippen LogP contribution in [0.3, 0.4) is 0 Å². The van der Waals surface area contributed by atoms with Crippen molar-refractivity contribution in [3.8, 4) is 5.75 Å². The zero-order chi connectivity index (χ0) is 15.0. The Hall–Kier alpha value is -1.88. The van der Waals surface area contributed by atoms with Crippen molar-refractivity contribution in [3.05, 3.63) is 29.8 Å². The first kappa shape index (κ1) is 14.5. The molecule has 1 unspecified atom stereocenters. The Morgan fingerprint density at radius 2 is 1.95 bits per heavy atom. The van der Waals surface area contributed by atoms with Crippen LogP contribution in [0.4, 0.5) is 0 Å². The second kappa shape index (κ2) is 4.90. The van der Waals surface area contributed by atoms with E-state index in [1.165, 1.54) is 5.01 Å². The minimum absolute atomic E-state index is 0.321. The van der Waals surface area contributed by atoms with Crippen LogP contribution in [0.15, 0.2) is 29.4 Å². The maximum absolute atomic E-state index is 12.5.